The Morgan fingerprint density at radius 3 is 2.19 bits per heavy atom. The van der Waals surface area contributed by atoms with Crippen molar-refractivity contribution in [2.24, 2.45) is 11.8 Å². The normalized spacial score (nSPS) is 19.4. The number of para-hydroxylation sites is 1. The van der Waals surface area contributed by atoms with E-state index in [0.717, 1.165) is 30.2 Å². The van der Waals surface area contributed by atoms with Gasteiger partial charge in [0.1, 0.15) is 5.75 Å². The molecule has 0 aromatic heterocycles. The number of benzene rings is 2. The largest absolute Gasteiger partial charge is 0.506 e. The van der Waals surface area contributed by atoms with Crippen molar-refractivity contribution in [3.05, 3.63) is 58.1 Å². The third-order valence-corrected chi connectivity index (χ3v) is 12.3. The highest BCUT2D eigenvalue weighted by Gasteiger charge is 2.39. The van der Waals surface area contributed by atoms with E-state index in [1.165, 1.54) is 9.80 Å². The topological polar surface area (TPSA) is 152 Å². The number of nitrogens with one attached hydrogen (secondary N) is 1. The summed E-state index contributed by atoms with van der Waals surface area (Å²) in [6.45, 7) is 2.89. The minimum absolute atomic E-state index is 0.0343. The van der Waals surface area contributed by atoms with E-state index in [1.54, 1.807) is 23.9 Å². The molecule has 0 unspecified atom stereocenters. The van der Waals surface area contributed by atoms with Crippen LogP contribution in [0.2, 0.25) is 5.02 Å². The van der Waals surface area contributed by atoms with E-state index in [-0.39, 0.29) is 49.8 Å². The molecule has 0 radical (unpaired) electrons. The number of anilines is 1. The maximum absolute atomic E-state index is 14.1. The Morgan fingerprint density at radius 2 is 1.54 bits per heavy atom. The van der Waals surface area contributed by atoms with Gasteiger partial charge < -0.3 is 39.5 Å². The van der Waals surface area contributed by atoms with E-state index < -0.39 is 53.0 Å². The number of hydrogen-bond acceptors (Lipinski definition) is 9. The number of hydrogen-bond donors (Lipinski definition) is 2. The lowest BCUT2D eigenvalue weighted by molar-refractivity contribution is -0.152. The van der Waals surface area contributed by atoms with Crippen LogP contribution >= 0.6 is 11.6 Å². The number of fused-ring (bicyclic) bond motifs is 1. The predicted molar refractivity (Wildman–Crippen MR) is 211 cm³/mol. The zero-order valence-electron chi connectivity index (χ0n) is 33.3. The highest BCUT2D eigenvalue weighted by molar-refractivity contribution is 6.32. The molecule has 2 aromatic carbocycles. The van der Waals surface area contributed by atoms with Gasteiger partial charge in [-0.2, -0.15) is 13.2 Å². The van der Waals surface area contributed by atoms with Gasteiger partial charge in [-0.3, -0.25) is 19.3 Å². The first-order valence-corrected chi connectivity index (χ1v) is 20.5. The van der Waals surface area contributed by atoms with Crippen LogP contribution < -0.4 is 5.32 Å². The minimum atomic E-state index is -4.93. The van der Waals surface area contributed by atoms with Crippen LogP contribution in [0.3, 0.4) is 0 Å². The molecule has 322 valence electrons. The quantitative estimate of drug-likeness (QED) is 0.306. The van der Waals surface area contributed by atoms with Crippen LogP contribution in [0.1, 0.15) is 55.2 Å². The average Bonchev–Trinajstić information content (AvgIpc) is 3.38. The number of carbonyl (C=O) groups is 5. The number of urea groups is 1. The van der Waals surface area contributed by atoms with Crippen LogP contribution in [0.5, 0.6) is 5.75 Å². The number of amides is 5. The molecule has 59 heavy (non-hydrogen) atoms. The summed E-state index contributed by atoms with van der Waals surface area (Å²) >= 11 is 6.01. The van der Waals surface area contributed by atoms with Gasteiger partial charge in [-0.25, -0.2) is 9.59 Å². The monoisotopic (exact) mass is 848 g/mol. The van der Waals surface area contributed by atoms with Gasteiger partial charge in [0.2, 0.25) is 0 Å². The van der Waals surface area contributed by atoms with Crippen molar-refractivity contribution in [1.82, 2.24) is 24.5 Å². The van der Waals surface area contributed by atoms with Crippen molar-refractivity contribution in [3.63, 3.8) is 0 Å². The summed E-state index contributed by atoms with van der Waals surface area (Å²) in [6.07, 6.45) is -2.92. The predicted octanol–water partition coefficient (Wildman–Crippen LogP) is 5.25. The second kappa shape index (κ2) is 19.1. The molecule has 1 atom stereocenters. The number of carbonyl (C=O) groups excluding carboxylic acids is 5. The Balaban J connectivity index is 1.05. The summed E-state index contributed by atoms with van der Waals surface area (Å²) in [5.74, 6) is -1.75. The third kappa shape index (κ3) is 11.1. The Labute approximate surface area is 346 Å². The first-order valence-electron chi connectivity index (χ1n) is 20.1. The molecule has 0 aliphatic carbocycles. The number of phenolic OH excluding ortho intramolecular Hbond substituents is 1. The molecule has 4 aliphatic heterocycles. The van der Waals surface area contributed by atoms with E-state index in [9.17, 15) is 42.3 Å². The van der Waals surface area contributed by atoms with Crippen LogP contribution in [0.4, 0.5) is 28.4 Å². The minimum Gasteiger partial charge on any atom is -0.506 e. The Bertz CT molecular complexity index is 1860. The number of likely N-dealkylation sites (N-methyl/N-ethyl adjacent to an activating group) is 1. The van der Waals surface area contributed by atoms with Crippen molar-refractivity contribution in [1.29, 1.82) is 0 Å². The lowest BCUT2D eigenvalue weighted by atomic mass is 9.78. The Hall–Kier alpha value is -4.77. The summed E-state index contributed by atoms with van der Waals surface area (Å²) < 4.78 is 52.4. The summed E-state index contributed by atoms with van der Waals surface area (Å²) in [4.78, 5) is 73.1. The maximum atomic E-state index is 14.1. The second-order valence-electron chi connectivity index (χ2n) is 16.0. The van der Waals surface area contributed by atoms with Gasteiger partial charge in [0.25, 0.3) is 11.8 Å². The molecule has 14 nitrogen and oxygen atoms in total. The second-order valence-corrected chi connectivity index (χ2v) is 16.4. The summed E-state index contributed by atoms with van der Waals surface area (Å²) in [7, 11) is 3.18. The van der Waals surface area contributed by atoms with Gasteiger partial charge in [-0.05, 0) is 99.2 Å². The third-order valence-electron chi connectivity index (χ3n) is 12.0. The lowest BCUT2D eigenvalue weighted by Crippen LogP contribution is -2.52. The molecule has 2 N–H and O–H groups in total. The standard InChI is InChI=1S/C41H52ClF3N6O8/c1-47(2)35(52)25-58-36(53)24-48-14-7-27(8-15-48)28-9-16-49(17-10-28)38(55)34(23-26-21-31(41(43,44)45)37(54)32(42)22-26)59-40(57)50-18-12-30(13-19-50)51-20-11-29-5-3-4-6-33(29)46-39(51)56/h3-6,21-22,27-28,30,34,54H,7-20,23-25H2,1-2H3,(H,46,56)/t34-/m1/s1. The van der Waals surface area contributed by atoms with Gasteiger partial charge in [0, 0.05) is 65.0 Å². The molecular formula is C41H52ClF3N6O8. The van der Waals surface area contributed by atoms with Crippen molar-refractivity contribution in [2.75, 3.05) is 78.4 Å². The van der Waals surface area contributed by atoms with E-state index in [0.29, 0.717) is 82.7 Å². The average molecular weight is 849 g/mol. The molecule has 2 aromatic rings. The maximum Gasteiger partial charge on any atom is 0.420 e. The molecule has 0 saturated carbocycles. The first-order chi connectivity index (χ1) is 28.1. The highest BCUT2D eigenvalue weighted by Crippen LogP contribution is 2.41. The lowest BCUT2D eigenvalue weighted by Gasteiger charge is -2.41. The zero-order chi connectivity index (χ0) is 42.4. The SMILES string of the molecule is CN(C)C(=O)COC(=O)CN1CCC(C2CCN(C(=O)[C@@H](Cc3cc(Cl)c(O)c(C(F)(F)F)c3)OC(=O)N3CCC(N4CCc5ccccc5NC4=O)CC3)CC2)CC1. The molecule has 0 spiro atoms. The van der Waals surface area contributed by atoms with Crippen LogP contribution in [0, 0.1) is 11.8 Å². The smallest absolute Gasteiger partial charge is 0.420 e. The van der Waals surface area contributed by atoms with E-state index in [1.807, 2.05) is 29.2 Å². The summed E-state index contributed by atoms with van der Waals surface area (Å²) in [6, 6.07) is 9.12. The molecule has 3 fully saturated rings. The highest BCUT2D eigenvalue weighted by atomic mass is 35.5. The molecular weight excluding hydrogens is 797 g/mol. The summed E-state index contributed by atoms with van der Waals surface area (Å²) in [5.41, 5.74) is 0.415. The zero-order valence-corrected chi connectivity index (χ0v) is 34.1. The van der Waals surface area contributed by atoms with E-state index in [2.05, 4.69) is 5.32 Å². The molecule has 0 bridgehead atoms. The van der Waals surface area contributed by atoms with Crippen molar-refractivity contribution >= 4 is 47.2 Å². The number of ether oxygens (including phenoxy) is 2. The fraction of sp³-hybridized carbons (Fsp3) is 0.585. The Morgan fingerprint density at radius 1 is 0.915 bits per heavy atom. The first kappa shape index (κ1) is 43.8. The van der Waals surface area contributed by atoms with Crippen LogP contribution in [-0.2, 0) is 42.9 Å². The fourth-order valence-electron chi connectivity index (χ4n) is 8.55. The van der Waals surface area contributed by atoms with E-state index >= 15 is 0 Å². The van der Waals surface area contributed by atoms with Crippen molar-refractivity contribution in [3.8, 4) is 5.75 Å². The summed E-state index contributed by atoms with van der Waals surface area (Å²) in [5, 5.41) is 12.5. The number of likely N-dealkylation sites (tertiary alicyclic amines) is 3. The molecule has 18 heteroatoms. The number of halogens is 4. The molecule has 6 rings (SSSR count). The van der Waals surface area contributed by atoms with Gasteiger partial charge in [0.05, 0.1) is 17.1 Å². The van der Waals surface area contributed by atoms with Gasteiger partial charge in [0.15, 0.2) is 12.7 Å². The fourth-order valence-corrected chi connectivity index (χ4v) is 8.80. The number of phenols is 1. The molecule has 5 amide bonds. The number of alkyl halides is 3. The van der Waals surface area contributed by atoms with Gasteiger partial charge in [-0.1, -0.05) is 29.8 Å². The molecule has 4 aliphatic rings. The number of esters is 1. The number of nitrogens with zero attached hydrogens (tertiary/aromatic N) is 5. The molecule has 3 saturated heterocycles. The molecule has 4 heterocycles. The van der Waals surface area contributed by atoms with E-state index in [4.69, 9.17) is 21.1 Å². The Kier molecular flexibility index (Phi) is 14.2. The van der Waals surface area contributed by atoms with Crippen molar-refractivity contribution < 1.29 is 51.7 Å². The number of piperidine rings is 3. The van der Waals surface area contributed by atoms with Gasteiger partial charge >= 0.3 is 24.3 Å². The number of aromatic hydroxyl groups is 1. The van der Waals surface area contributed by atoms with Crippen LogP contribution in [0.25, 0.3) is 0 Å². The van der Waals surface area contributed by atoms with Gasteiger partial charge in [-0.15, -0.1) is 0 Å². The van der Waals surface area contributed by atoms with Crippen molar-refractivity contribution in [2.45, 2.75) is 69.7 Å². The number of rotatable bonds is 10. The van der Waals surface area contributed by atoms with Crippen LogP contribution in [0.15, 0.2) is 36.4 Å². The van der Waals surface area contributed by atoms with Crippen LogP contribution in [-0.4, -0.2) is 145 Å².